The minimum absolute atomic E-state index is 0.0554. The van der Waals surface area contributed by atoms with Gasteiger partial charge >= 0.3 is 0 Å². The Labute approximate surface area is 206 Å². The number of rotatable bonds is 7. The Morgan fingerprint density at radius 3 is 2.39 bits per heavy atom. The summed E-state index contributed by atoms with van der Waals surface area (Å²) < 4.78 is 7.60. The number of nitrogens with zero attached hydrogens (tertiary/aromatic N) is 3. The van der Waals surface area contributed by atoms with Crippen molar-refractivity contribution in [1.29, 1.82) is 0 Å². The van der Waals surface area contributed by atoms with E-state index >= 15 is 0 Å². The molecule has 0 aliphatic heterocycles. The lowest BCUT2D eigenvalue weighted by Crippen LogP contribution is -2.34. The van der Waals surface area contributed by atoms with Crippen LogP contribution >= 0.6 is 24.0 Å². The Balaban J connectivity index is 2.04. The van der Waals surface area contributed by atoms with E-state index in [0.717, 1.165) is 22.8 Å². The average molecular weight is 482 g/mol. The van der Waals surface area contributed by atoms with E-state index in [1.807, 2.05) is 48.0 Å². The third kappa shape index (κ3) is 6.68. The van der Waals surface area contributed by atoms with Crippen molar-refractivity contribution in [1.82, 2.24) is 9.78 Å². The lowest BCUT2D eigenvalue weighted by Gasteiger charge is -2.24. The topological polar surface area (TPSA) is 47.4 Å². The van der Waals surface area contributed by atoms with E-state index in [0.29, 0.717) is 17.5 Å². The summed E-state index contributed by atoms with van der Waals surface area (Å²) in [7, 11) is 0. The number of hydrogen-bond acceptors (Lipinski definition) is 5. The van der Waals surface area contributed by atoms with E-state index in [1.165, 1.54) is 17.3 Å². The quantitative estimate of drug-likeness (QED) is 0.384. The molecule has 0 bridgehead atoms. The molecule has 0 radical (unpaired) electrons. The highest BCUT2D eigenvalue weighted by atomic mass is 32.2. The van der Waals surface area contributed by atoms with Crippen LogP contribution in [0, 0.1) is 6.92 Å². The molecule has 0 aliphatic carbocycles. The first-order valence-electron chi connectivity index (χ1n) is 11.0. The second kappa shape index (κ2) is 11.0. The van der Waals surface area contributed by atoms with Gasteiger partial charge in [-0.1, -0.05) is 80.6 Å². The third-order valence-electron chi connectivity index (χ3n) is 5.07. The van der Waals surface area contributed by atoms with Crippen LogP contribution in [0.1, 0.15) is 44.5 Å². The van der Waals surface area contributed by atoms with Crippen LogP contribution in [-0.2, 0) is 21.5 Å². The number of carbonyl (C=O) groups is 1. The second-order valence-corrected chi connectivity index (χ2v) is 10.4. The van der Waals surface area contributed by atoms with Crippen molar-refractivity contribution in [2.45, 2.75) is 46.6 Å². The van der Waals surface area contributed by atoms with Crippen LogP contribution in [0.15, 0.2) is 60.7 Å². The maximum absolute atomic E-state index is 13.5. The fourth-order valence-electron chi connectivity index (χ4n) is 3.22. The van der Waals surface area contributed by atoms with Crippen LogP contribution in [0.5, 0.6) is 0 Å². The molecule has 0 fully saturated rings. The number of aromatic nitrogens is 2. The number of benzene rings is 2. The molecule has 3 aromatic rings. The molecule has 1 heterocycles. The van der Waals surface area contributed by atoms with E-state index < -0.39 is 0 Å². The number of carbonyl (C=O) groups excluding carboxylic acids is 1. The smallest absolute Gasteiger partial charge is 0.238 e. The predicted molar refractivity (Wildman–Crippen MR) is 141 cm³/mol. The lowest BCUT2D eigenvalue weighted by molar-refractivity contribution is -0.116. The first-order chi connectivity index (χ1) is 15.7. The van der Waals surface area contributed by atoms with Crippen molar-refractivity contribution in [3.05, 3.63) is 77.5 Å². The van der Waals surface area contributed by atoms with Crippen LogP contribution in [0.3, 0.4) is 0 Å². The zero-order valence-corrected chi connectivity index (χ0v) is 21.5. The Kier molecular flexibility index (Phi) is 8.32. The van der Waals surface area contributed by atoms with Gasteiger partial charge < -0.3 is 4.74 Å². The molecule has 0 unspecified atom stereocenters. The maximum Gasteiger partial charge on any atom is 0.238 e. The van der Waals surface area contributed by atoms with E-state index in [1.54, 1.807) is 4.90 Å². The molecule has 0 atom stereocenters. The molecular formula is C26H31N3O2S2. The van der Waals surface area contributed by atoms with Gasteiger partial charge in [0.15, 0.2) is 0 Å². The lowest BCUT2D eigenvalue weighted by atomic mass is 9.92. The number of ether oxygens (including phenoxy) is 1. The summed E-state index contributed by atoms with van der Waals surface area (Å²) in [6.07, 6.45) is 0. The summed E-state index contributed by atoms with van der Waals surface area (Å²) in [4.78, 5) is 15.3. The van der Waals surface area contributed by atoms with Crippen molar-refractivity contribution in [3.63, 3.8) is 0 Å². The summed E-state index contributed by atoms with van der Waals surface area (Å²) in [6.45, 7) is 11.2. The molecule has 5 nitrogen and oxygen atoms in total. The fourth-order valence-corrected chi connectivity index (χ4v) is 4.11. The fraction of sp³-hybridized carbons (Fsp3) is 0.346. The Morgan fingerprint density at radius 2 is 1.79 bits per heavy atom. The van der Waals surface area contributed by atoms with Gasteiger partial charge in [0.25, 0.3) is 0 Å². The third-order valence-corrected chi connectivity index (χ3v) is 6.29. The minimum atomic E-state index is -0.168. The van der Waals surface area contributed by atoms with Gasteiger partial charge in [0.1, 0.15) is 5.82 Å². The van der Waals surface area contributed by atoms with E-state index in [-0.39, 0.29) is 17.1 Å². The van der Waals surface area contributed by atoms with Crippen LogP contribution in [0.4, 0.5) is 5.82 Å². The van der Waals surface area contributed by atoms with Crippen molar-refractivity contribution in [3.8, 4) is 5.69 Å². The average Bonchev–Trinajstić information content (AvgIpc) is 3.24. The van der Waals surface area contributed by atoms with Crippen molar-refractivity contribution in [2.75, 3.05) is 17.3 Å². The zero-order chi connectivity index (χ0) is 24.0. The largest absolute Gasteiger partial charge is 0.479 e. The number of hydrogen-bond donors (Lipinski definition) is 0. The van der Waals surface area contributed by atoms with Crippen LogP contribution in [-0.4, -0.2) is 32.4 Å². The number of thioether (sulfide) groups is 1. The molecule has 33 heavy (non-hydrogen) atoms. The number of aryl methyl sites for hydroxylation is 1. The number of amides is 1. The van der Waals surface area contributed by atoms with Crippen LogP contribution < -0.4 is 4.90 Å². The molecule has 7 heteroatoms. The molecule has 2 aromatic carbocycles. The second-order valence-electron chi connectivity index (χ2n) is 8.82. The number of anilines is 1. The van der Waals surface area contributed by atoms with Gasteiger partial charge in [-0.2, -0.15) is 5.10 Å². The Morgan fingerprint density at radius 1 is 1.12 bits per heavy atom. The summed E-state index contributed by atoms with van der Waals surface area (Å²) in [5.74, 6) is 0.870. The highest BCUT2D eigenvalue weighted by Crippen LogP contribution is 2.30. The molecule has 0 aliphatic rings. The van der Waals surface area contributed by atoms with E-state index in [9.17, 15) is 4.79 Å². The molecule has 0 saturated heterocycles. The van der Waals surface area contributed by atoms with Gasteiger partial charge in [0.05, 0.1) is 30.3 Å². The van der Waals surface area contributed by atoms with Gasteiger partial charge in [0, 0.05) is 11.5 Å². The van der Waals surface area contributed by atoms with Crippen molar-refractivity contribution in [2.24, 2.45) is 0 Å². The van der Waals surface area contributed by atoms with Gasteiger partial charge in [-0.3, -0.25) is 9.69 Å². The highest BCUT2D eigenvalue weighted by molar-refractivity contribution is 8.23. The van der Waals surface area contributed by atoms with Crippen LogP contribution in [0.2, 0.25) is 0 Å². The summed E-state index contributed by atoms with van der Waals surface area (Å²) in [5, 5.41) is 4.90. The van der Waals surface area contributed by atoms with Gasteiger partial charge in [0.2, 0.25) is 10.3 Å². The zero-order valence-electron chi connectivity index (χ0n) is 19.9. The van der Waals surface area contributed by atoms with Crippen molar-refractivity contribution < 1.29 is 9.53 Å². The molecule has 1 amide bonds. The maximum atomic E-state index is 13.5. The minimum Gasteiger partial charge on any atom is -0.479 e. The first-order valence-corrected chi connectivity index (χ1v) is 12.4. The Bertz CT molecular complexity index is 1090. The van der Waals surface area contributed by atoms with Gasteiger partial charge in [-0.15, -0.1) is 0 Å². The molecular weight excluding hydrogens is 450 g/mol. The van der Waals surface area contributed by atoms with Gasteiger partial charge in [-0.05, 0) is 43.8 Å². The first kappa shape index (κ1) is 25.0. The normalized spacial score (nSPS) is 11.3. The number of thiocarbonyl (C=S) groups is 1. The predicted octanol–water partition coefficient (Wildman–Crippen LogP) is 6.07. The molecule has 3 rings (SSSR count). The van der Waals surface area contributed by atoms with Crippen LogP contribution in [0.25, 0.3) is 5.69 Å². The highest BCUT2D eigenvalue weighted by Gasteiger charge is 2.27. The summed E-state index contributed by atoms with van der Waals surface area (Å²) in [5.41, 5.74) is 3.88. The standard InChI is InChI=1S/C26H31N3O2S2/c1-6-31-25(32)33-18-24(30)28(17-20-14-12-19(2)13-15-20)23-16-22(26(3,4)5)27-29(23)21-10-8-7-9-11-21/h7-16H,6,17-18H2,1-5H3. The van der Waals surface area contributed by atoms with E-state index in [2.05, 4.69) is 52.0 Å². The van der Waals surface area contributed by atoms with Crippen molar-refractivity contribution >= 4 is 40.1 Å². The Hall–Kier alpha value is -2.64. The summed E-state index contributed by atoms with van der Waals surface area (Å²) >= 11 is 6.47. The monoisotopic (exact) mass is 481 g/mol. The molecule has 0 N–H and O–H groups in total. The molecule has 0 saturated carbocycles. The summed E-state index contributed by atoms with van der Waals surface area (Å²) in [6, 6.07) is 20.2. The SMILES string of the molecule is CCOC(=S)SCC(=O)N(Cc1ccc(C)cc1)c1cc(C(C)(C)C)nn1-c1ccccc1. The van der Waals surface area contributed by atoms with E-state index in [4.69, 9.17) is 22.1 Å². The molecule has 1 aromatic heterocycles. The molecule has 174 valence electrons. The number of para-hydroxylation sites is 1. The van der Waals surface area contributed by atoms with Gasteiger partial charge in [-0.25, -0.2) is 4.68 Å². The molecule has 0 spiro atoms.